The van der Waals surface area contributed by atoms with E-state index in [4.69, 9.17) is 0 Å². The van der Waals surface area contributed by atoms with E-state index in [0.717, 1.165) is 11.6 Å². The zero-order valence-corrected chi connectivity index (χ0v) is 6.12. The highest BCUT2D eigenvalue weighted by Crippen LogP contribution is 2.29. The second-order valence-electron chi connectivity index (χ2n) is 2.97. The molecule has 0 saturated heterocycles. The van der Waals surface area contributed by atoms with Crippen molar-refractivity contribution in [2.24, 2.45) is 0 Å². The average molecular weight is 144 g/mol. The topological polar surface area (TPSA) is 0 Å². The van der Waals surface area contributed by atoms with Crippen LogP contribution in [0.5, 0.6) is 0 Å². The van der Waals surface area contributed by atoms with E-state index in [0.29, 0.717) is 6.42 Å². The molecular formula is C8H10F2. The van der Waals surface area contributed by atoms with E-state index in [1.54, 1.807) is 6.92 Å². The van der Waals surface area contributed by atoms with E-state index in [-0.39, 0.29) is 0 Å². The molecule has 0 N–H and O–H groups in total. The maximum atomic E-state index is 13.0. The van der Waals surface area contributed by atoms with Crippen molar-refractivity contribution in [1.82, 2.24) is 0 Å². The van der Waals surface area contributed by atoms with Crippen LogP contribution >= 0.6 is 0 Å². The number of alkyl halides is 1. The van der Waals surface area contributed by atoms with E-state index < -0.39 is 11.5 Å². The highest BCUT2D eigenvalue weighted by atomic mass is 19.1. The summed E-state index contributed by atoms with van der Waals surface area (Å²) >= 11 is 0. The van der Waals surface area contributed by atoms with Crippen LogP contribution in [0.15, 0.2) is 23.6 Å². The van der Waals surface area contributed by atoms with Gasteiger partial charge in [-0.2, -0.15) is 0 Å². The van der Waals surface area contributed by atoms with Crippen LogP contribution in [0.1, 0.15) is 20.3 Å². The second-order valence-corrected chi connectivity index (χ2v) is 2.97. The van der Waals surface area contributed by atoms with Crippen LogP contribution in [-0.2, 0) is 0 Å². The fraction of sp³-hybridized carbons (Fsp3) is 0.500. The molecule has 0 fully saturated rings. The lowest BCUT2D eigenvalue weighted by Crippen LogP contribution is -2.17. The van der Waals surface area contributed by atoms with Crippen LogP contribution in [0, 0.1) is 0 Å². The maximum Gasteiger partial charge on any atom is 0.133 e. The summed E-state index contributed by atoms with van der Waals surface area (Å²) in [5.41, 5.74) is -0.729. The first-order valence-corrected chi connectivity index (χ1v) is 3.24. The fourth-order valence-electron chi connectivity index (χ4n) is 1.21. The first-order chi connectivity index (χ1) is 4.49. The van der Waals surface area contributed by atoms with Gasteiger partial charge in [0, 0.05) is 6.42 Å². The predicted octanol–water partition coefficient (Wildman–Crippen LogP) is 2.92. The monoisotopic (exact) mass is 144 g/mol. The summed E-state index contributed by atoms with van der Waals surface area (Å²) in [4.78, 5) is 0. The molecule has 0 bridgehead atoms. The van der Waals surface area contributed by atoms with Gasteiger partial charge in [0.15, 0.2) is 0 Å². The molecule has 2 heteroatoms. The van der Waals surface area contributed by atoms with Crippen molar-refractivity contribution >= 4 is 0 Å². The molecule has 0 aromatic rings. The molecule has 0 saturated carbocycles. The van der Waals surface area contributed by atoms with E-state index in [9.17, 15) is 8.78 Å². The van der Waals surface area contributed by atoms with Gasteiger partial charge in [-0.05, 0) is 26.0 Å². The lowest BCUT2D eigenvalue weighted by atomic mass is 9.94. The van der Waals surface area contributed by atoms with Gasteiger partial charge in [0.2, 0.25) is 0 Å². The van der Waals surface area contributed by atoms with Gasteiger partial charge >= 0.3 is 0 Å². The molecule has 0 aromatic heterocycles. The Bertz CT molecular complexity index is 199. The van der Waals surface area contributed by atoms with Crippen LogP contribution in [0.2, 0.25) is 0 Å². The van der Waals surface area contributed by atoms with E-state index in [2.05, 4.69) is 0 Å². The van der Waals surface area contributed by atoms with Crippen molar-refractivity contribution < 1.29 is 8.78 Å². The fourth-order valence-corrected chi connectivity index (χ4v) is 1.21. The van der Waals surface area contributed by atoms with E-state index >= 15 is 0 Å². The Morgan fingerprint density at radius 1 is 1.60 bits per heavy atom. The number of hydrogen-bond donors (Lipinski definition) is 0. The molecule has 0 nitrogen and oxygen atoms in total. The largest absolute Gasteiger partial charge is 0.239 e. The van der Waals surface area contributed by atoms with Crippen molar-refractivity contribution in [2.75, 3.05) is 0 Å². The van der Waals surface area contributed by atoms with Gasteiger partial charge in [-0.15, -0.1) is 0 Å². The molecule has 1 aliphatic rings. The van der Waals surface area contributed by atoms with Gasteiger partial charge in [-0.1, -0.05) is 5.57 Å². The summed E-state index contributed by atoms with van der Waals surface area (Å²) in [6.07, 6.45) is 2.68. The van der Waals surface area contributed by atoms with Gasteiger partial charge in [0.05, 0.1) is 0 Å². The molecule has 1 rings (SSSR count). The van der Waals surface area contributed by atoms with Crippen LogP contribution in [0.25, 0.3) is 0 Å². The molecule has 56 valence electrons. The molecule has 0 aliphatic heterocycles. The standard InChI is InChI=1S/C8H10F2/c1-6-3-7(9)5-8(2,10)4-6/h3,5H,4H2,1-2H3. The quantitative estimate of drug-likeness (QED) is 0.490. The SMILES string of the molecule is CC1=CC(F)=CC(C)(F)C1. The summed E-state index contributed by atoms with van der Waals surface area (Å²) < 4.78 is 25.5. The number of allylic oxidation sites excluding steroid dienone is 4. The van der Waals surface area contributed by atoms with E-state index in [1.165, 1.54) is 13.0 Å². The maximum absolute atomic E-state index is 13.0. The smallest absolute Gasteiger partial charge is 0.133 e. The minimum atomic E-state index is -1.48. The lowest BCUT2D eigenvalue weighted by molar-refractivity contribution is 0.249. The first kappa shape index (κ1) is 7.45. The molecular weight excluding hydrogens is 134 g/mol. The van der Waals surface area contributed by atoms with Gasteiger partial charge in [0.25, 0.3) is 0 Å². The van der Waals surface area contributed by atoms with Gasteiger partial charge < -0.3 is 0 Å². The molecule has 0 aromatic carbocycles. The summed E-state index contributed by atoms with van der Waals surface area (Å²) in [5, 5.41) is 0. The molecule has 0 heterocycles. The highest BCUT2D eigenvalue weighted by molar-refractivity contribution is 5.27. The summed E-state index contributed by atoms with van der Waals surface area (Å²) in [6, 6.07) is 0. The zero-order chi connectivity index (χ0) is 7.78. The molecule has 1 atom stereocenters. The Labute approximate surface area is 59.2 Å². The Hall–Kier alpha value is -0.660. The van der Waals surface area contributed by atoms with Gasteiger partial charge in [-0.3, -0.25) is 0 Å². The molecule has 0 radical (unpaired) electrons. The number of rotatable bonds is 0. The van der Waals surface area contributed by atoms with Crippen molar-refractivity contribution in [1.29, 1.82) is 0 Å². The Morgan fingerprint density at radius 2 is 2.20 bits per heavy atom. The Morgan fingerprint density at radius 3 is 2.60 bits per heavy atom. The average Bonchev–Trinajstić information content (AvgIpc) is 1.54. The van der Waals surface area contributed by atoms with Crippen molar-refractivity contribution in [3.05, 3.63) is 23.6 Å². The zero-order valence-electron chi connectivity index (χ0n) is 6.12. The molecule has 1 unspecified atom stereocenters. The van der Waals surface area contributed by atoms with Crippen molar-refractivity contribution in [2.45, 2.75) is 25.9 Å². The Kier molecular flexibility index (Phi) is 1.63. The van der Waals surface area contributed by atoms with Crippen molar-refractivity contribution in [3.63, 3.8) is 0 Å². The second kappa shape index (κ2) is 2.19. The minimum Gasteiger partial charge on any atom is -0.239 e. The van der Waals surface area contributed by atoms with E-state index in [1.807, 2.05) is 0 Å². The number of halogens is 2. The molecule has 0 spiro atoms. The minimum absolute atomic E-state index is 0.306. The lowest BCUT2D eigenvalue weighted by Gasteiger charge is -2.19. The third-order valence-corrected chi connectivity index (χ3v) is 1.45. The summed E-state index contributed by atoms with van der Waals surface area (Å²) in [6.45, 7) is 3.10. The van der Waals surface area contributed by atoms with Crippen LogP contribution in [0.4, 0.5) is 8.78 Å². The van der Waals surface area contributed by atoms with Crippen LogP contribution < -0.4 is 0 Å². The summed E-state index contributed by atoms with van der Waals surface area (Å²) in [5.74, 6) is -0.464. The van der Waals surface area contributed by atoms with Crippen LogP contribution in [-0.4, -0.2) is 5.67 Å². The predicted molar refractivity (Wildman–Crippen MR) is 37.1 cm³/mol. The Balaban J connectivity index is 2.88. The first-order valence-electron chi connectivity index (χ1n) is 3.24. The molecule has 10 heavy (non-hydrogen) atoms. The van der Waals surface area contributed by atoms with Crippen LogP contribution in [0.3, 0.4) is 0 Å². The van der Waals surface area contributed by atoms with Gasteiger partial charge in [0.1, 0.15) is 11.5 Å². The molecule has 0 amide bonds. The normalized spacial score (nSPS) is 33.2. The van der Waals surface area contributed by atoms with Crippen molar-refractivity contribution in [3.8, 4) is 0 Å². The molecule has 1 aliphatic carbocycles. The van der Waals surface area contributed by atoms with Gasteiger partial charge in [-0.25, -0.2) is 8.78 Å². The third kappa shape index (κ3) is 1.66. The highest BCUT2D eigenvalue weighted by Gasteiger charge is 2.24. The summed E-state index contributed by atoms with van der Waals surface area (Å²) in [7, 11) is 0. The third-order valence-electron chi connectivity index (χ3n) is 1.45. The number of hydrogen-bond acceptors (Lipinski definition) is 0.